The van der Waals surface area contributed by atoms with Crippen LogP contribution in [0.3, 0.4) is 0 Å². The van der Waals surface area contributed by atoms with Crippen molar-refractivity contribution in [1.82, 2.24) is 9.88 Å². The normalized spacial score (nSPS) is 17.7. The quantitative estimate of drug-likeness (QED) is 0.694. The summed E-state index contributed by atoms with van der Waals surface area (Å²) >= 11 is 9.19. The van der Waals surface area contributed by atoms with E-state index in [2.05, 4.69) is 4.98 Å². The van der Waals surface area contributed by atoms with Crippen LogP contribution in [0.1, 0.15) is 12.8 Å². The first kappa shape index (κ1) is 16.6. The zero-order valence-electron chi connectivity index (χ0n) is 12.5. The molecule has 1 amide bonds. The molecule has 0 spiro atoms. The Kier molecular flexibility index (Phi) is 5.80. The van der Waals surface area contributed by atoms with Crippen LogP contribution in [0.25, 0.3) is 0 Å². The molecule has 1 atom stereocenters. The fourth-order valence-corrected chi connectivity index (χ4v) is 4.28. The molecule has 23 heavy (non-hydrogen) atoms. The van der Waals surface area contributed by atoms with Gasteiger partial charge in [-0.3, -0.25) is 4.79 Å². The van der Waals surface area contributed by atoms with E-state index in [9.17, 15) is 4.79 Å². The highest BCUT2D eigenvalue weighted by molar-refractivity contribution is 8.01. The summed E-state index contributed by atoms with van der Waals surface area (Å²) in [5, 5.41) is 2.65. The lowest BCUT2D eigenvalue weighted by Gasteiger charge is -2.24. The summed E-state index contributed by atoms with van der Waals surface area (Å²) in [5.41, 5.74) is 0. The van der Waals surface area contributed by atoms with Crippen molar-refractivity contribution in [2.75, 3.05) is 18.9 Å². The van der Waals surface area contributed by atoms with Crippen molar-refractivity contribution in [3.05, 3.63) is 40.9 Å². The van der Waals surface area contributed by atoms with E-state index < -0.39 is 0 Å². The molecule has 2 aromatic rings. The van der Waals surface area contributed by atoms with E-state index in [4.69, 9.17) is 16.3 Å². The molecule has 0 saturated carbocycles. The topological polar surface area (TPSA) is 42.4 Å². The van der Waals surface area contributed by atoms with Gasteiger partial charge in [-0.2, -0.15) is 0 Å². The Labute approximate surface area is 148 Å². The maximum Gasteiger partial charge on any atom is 0.223 e. The standard InChI is InChI=1S/C16H17ClN2O2S2/c17-12-1-4-14(5-2-12)21-11-13-3-6-15(20)19(13)8-10-23-16-18-7-9-22-16/h1-2,4-5,7,9,13H,3,6,8,10-11H2/t13-/m1/s1. The van der Waals surface area contributed by atoms with Crippen LogP contribution >= 0.6 is 34.7 Å². The van der Waals surface area contributed by atoms with Gasteiger partial charge in [0.1, 0.15) is 16.7 Å². The average molecular weight is 369 g/mol. The number of carbonyl (C=O) groups excluding carboxylic acids is 1. The van der Waals surface area contributed by atoms with Crippen molar-refractivity contribution in [2.24, 2.45) is 0 Å². The first-order valence-electron chi connectivity index (χ1n) is 7.42. The molecule has 0 unspecified atom stereocenters. The number of thiazole rings is 1. The molecule has 1 saturated heterocycles. The first-order chi connectivity index (χ1) is 11.2. The maximum atomic E-state index is 12.1. The third kappa shape index (κ3) is 4.62. The molecule has 0 bridgehead atoms. The molecule has 122 valence electrons. The van der Waals surface area contributed by atoms with Gasteiger partial charge < -0.3 is 9.64 Å². The number of carbonyl (C=O) groups is 1. The van der Waals surface area contributed by atoms with E-state index >= 15 is 0 Å². The number of hydrogen-bond donors (Lipinski definition) is 0. The first-order valence-corrected chi connectivity index (χ1v) is 9.67. The van der Waals surface area contributed by atoms with Crippen LogP contribution in [0, 0.1) is 0 Å². The Morgan fingerprint density at radius 3 is 2.96 bits per heavy atom. The number of thioether (sulfide) groups is 1. The number of aromatic nitrogens is 1. The minimum absolute atomic E-state index is 0.148. The lowest BCUT2D eigenvalue weighted by atomic mass is 10.2. The van der Waals surface area contributed by atoms with Gasteiger partial charge in [0, 0.05) is 35.3 Å². The molecule has 1 aromatic carbocycles. The Bertz CT molecular complexity index is 634. The van der Waals surface area contributed by atoms with Gasteiger partial charge in [0.05, 0.1) is 6.04 Å². The summed E-state index contributed by atoms with van der Waals surface area (Å²) in [4.78, 5) is 18.2. The molecule has 1 aliphatic rings. The van der Waals surface area contributed by atoms with Crippen LogP contribution in [-0.4, -0.2) is 40.7 Å². The van der Waals surface area contributed by atoms with Gasteiger partial charge in [0.25, 0.3) is 0 Å². The molecule has 1 aliphatic heterocycles. The minimum Gasteiger partial charge on any atom is -0.491 e. The molecule has 0 radical (unpaired) electrons. The van der Waals surface area contributed by atoms with Crippen molar-refractivity contribution in [3.63, 3.8) is 0 Å². The molecule has 0 N–H and O–H groups in total. The zero-order valence-corrected chi connectivity index (χ0v) is 14.9. The molecule has 1 aromatic heterocycles. The van der Waals surface area contributed by atoms with E-state index in [1.807, 2.05) is 22.4 Å². The third-order valence-electron chi connectivity index (χ3n) is 3.68. The number of ether oxygens (including phenoxy) is 1. The Balaban J connectivity index is 1.49. The second-order valence-electron chi connectivity index (χ2n) is 5.19. The molecular weight excluding hydrogens is 352 g/mol. The molecule has 1 fully saturated rings. The number of amides is 1. The number of rotatable bonds is 7. The number of hydrogen-bond acceptors (Lipinski definition) is 5. The van der Waals surface area contributed by atoms with E-state index in [1.54, 1.807) is 41.4 Å². The highest BCUT2D eigenvalue weighted by Gasteiger charge is 2.31. The summed E-state index contributed by atoms with van der Waals surface area (Å²) in [5.74, 6) is 1.86. The number of benzene rings is 1. The smallest absolute Gasteiger partial charge is 0.223 e. The van der Waals surface area contributed by atoms with Gasteiger partial charge in [-0.25, -0.2) is 4.98 Å². The van der Waals surface area contributed by atoms with E-state index in [0.29, 0.717) is 18.1 Å². The lowest BCUT2D eigenvalue weighted by Crippen LogP contribution is -2.38. The van der Waals surface area contributed by atoms with Crippen molar-refractivity contribution < 1.29 is 9.53 Å². The predicted molar refractivity (Wildman–Crippen MR) is 94.5 cm³/mol. The van der Waals surface area contributed by atoms with Crippen molar-refractivity contribution >= 4 is 40.6 Å². The summed E-state index contributed by atoms with van der Waals surface area (Å²) in [7, 11) is 0. The highest BCUT2D eigenvalue weighted by Crippen LogP contribution is 2.24. The largest absolute Gasteiger partial charge is 0.491 e. The van der Waals surface area contributed by atoms with Gasteiger partial charge in [0.2, 0.25) is 5.91 Å². The molecule has 7 heteroatoms. The summed E-state index contributed by atoms with van der Waals surface area (Å²) in [6.45, 7) is 1.26. The number of nitrogens with zero attached hydrogens (tertiary/aromatic N) is 2. The highest BCUT2D eigenvalue weighted by atomic mass is 35.5. The third-order valence-corrected chi connectivity index (χ3v) is 5.87. The van der Waals surface area contributed by atoms with Crippen LogP contribution in [-0.2, 0) is 4.79 Å². The number of likely N-dealkylation sites (tertiary alicyclic amines) is 1. The maximum absolute atomic E-state index is 12.1. The lowest BCUT2D eigenvalue weighted by molar-refractivity contribution is -0.129. The molecular formula is C16H17ClN2O2S2. The Hall–Kier alpha value is -1.24. The van der Waals surface area contributed by atoms with E-state index in [-0.39, 0.29) is 11.9 Å². The van der Waals surface area contributed by atoms with Gasteiger partial charge in [0.15, 0.2) is 0 Å². The van der Waals surface area contributed by atoms with Gasteiger partial charge in [-0.05, 0) is 30.7 Å². The SMILES string of the molecule is O=C1CC[C@H](COc2ccc(Cl)cc2)N1CCSc1nccs1. The minimum atomic E-state index is 0.148. The molecule has 4 nitrogen and oxygen atoms in total. The fraction of sp³-hybridized carbons (Fsp3) is 0.375. The summed E-state index contributed by atoms with van der Waals surface area (Å²) in [6.07, 6.45) is 3.27. The van der Waals surface area contributed by atoms with Crippen LogP contribution in [0.4, 0.5) is 0 Å². The van der Waals surface area contributed by atoms with Gasteiger partial charge in [-0.15, -0.1) is 11.3 Å². The molecule has 3 rings (SSSR count). The average Bonchev–Trinajstić information content (AvgIpc) is 3.18. The van der Waals surface area contributed by atoms with E-state index in [0.717, 1.165) is 28.8 Å². The Morgan fingerprint density at radius 2 is 2.22 bits per heavy atom. The second-order valence-corrected chi connectivity index (χ2v) is 7.86. The Morgan fingerprint density at radius 1 is 1.39 bits per heavy atom. The fourth-order valence-electron chi connectivity index (χ4n) is 2.51. The zero-order chi connectivity index (χ0) is 16.1. The van der Waals surface area contributed by atoms with Gasteiger partial charge >= 0.3 is 0 Å². The number of halogens is 1. The van der Waals surface area contributed by atoms with Crippen molar-refractivity contribution in [3.8, 4) is 5.75 Å². The monoisotopic (exact) mass is 368 g/mol. The van der Waals surface area contributed by atoms with Crippen LogP contribution in [0.5, 0.6) is 5.75 Å². The molecule has 2 heterocycles. The molecule has 0 aliphatic carbocycles. The van der Waals surface area contributed by atoms with Crippen LogP contribution in [0.2, 0.25) is 5.02 Å². The van der Waals surface area contributed by atoms with Crippen LogP contribution < -0.4 is 4.74 Å². The summed E-state index contributed by atoms with van der Waals surface area (Å²) in [6, 6.07) is 7.46. The van der Waals surface area contributed by atoms with E-state index in [1.165, 1.54) is 0 Å². The van der Waals surface area contributed by atoms with Crippen molar-refractivity contribution in [1.29, 1.82) is 0 Å². The van der Waals surface area contributed by atoms with Gasteiger partial charge in [-0.1, -0.05) is 23.4 Å². The summed E-state index contributed by atoms with van der Waals surface area (Å²) < 4.78 is 6.85. The van der Waals surface area contributed by atoms with Crippen molar-refractivity contribution in [2.45, 2.75) is 23.2 Å². The second kappa shape index (κ2) is 8.04. The predicted octanol–water partition coefficient (Wildman–Crippen LogP) is 3.96. The van der Waals surface area contributed by atoms with Crippen LogP contribution in [0.15, 0.2) is 40.2 Å².